The minimum absolute atomic E-state index is 0.00356. The van der Waals surface area contributed by atoms with Crippen molar-refractivity contribution < 1.29 is 19.2 Å². The average Bonchev–Trinajstić information content (AvgIpc) is 3.37. The van der Waals surface area contributed by atoms with Gasteiger partial charge in [-0.25, -0.2) is 15.1 Å². The van der Waals surface area contributed by atoms with Crippen LogP contribution in [0, 0.1) is 11.3 Å². The lowest BCUT2D eigenvalue weighted by atomic mass is 9.88. The van der Waals surface area contributed by atoms with Crippen molar-refractivity contribution in [2.45, 2.75) is 58.5 Å². The number of hydrogen-bond acceptors (Lipinski definition) is 8. The molecule has 214 valence electrons. The number of nitrogens with one attached hydrogen (secondary N) is 4. The standard InChI is InChI=1S/C28H38N8O4/c1-7-9-10-20(5)26(39)36(23-11-12-24(37)33-25(23)38)27(40)34-35-18-21(17-32-35)22(16-29)30-15-13-28(6,19(3)4)31-14-8-2/h8-10,13,15-19,23,29,31H,2,5,7,11-12,14H2,1,3-4,6H3,(H,34,40)(H,33,37,38)/b10-9-,15-13+,29-16?,30-22+. The van der Waals surface area contributed by atoms with E-state index in [1.807, 2.05) is 19.9 Å². The number of rotatable bonds is 13. The maximum Gasteiger partial charge on any atom is 0.345 e. The molecule has 2 atom stereocenters. The van der Waals surface area contributed by atoms with E-state index in [-0.39, 0.29) is 35.6 Å². The van der Waals surface area contributed by atoms with Gasteiger partial charge in [0.15, 0.2) is 0 Å². The fourth-order valence-corrected chi connectivity index (χ4v) is 3.67. The van der Waals surface area contributed by atoms with Gasteiger partial charge in [0.1, 0.15) is 6.04 Å². The summed E-state index contributed by atoms with van der Waals surface area (Å²) in [5.74, 6) is -1.76. The molecule has 1 aliphatic heterocycles. The molecular weight excluding hydrogens is 512 g/mol. The van der Waals surface area contributed by atoms with E-state index in [9.17, 15) is 19.2 Å². The van der Waals surface area contributed by atoms with Crippen molar-refractivity contribution in [1.82, 2.24) is 25.4 Å². The second-order valence-corrected chi connectivity index (χ2v) is 9.65. The van der Waals surface area contributed by atoms with Crippen molar-refractivity contribution in [1.29, 1.82) is 5.41 Å². The molecule has 40 heavy (non-hydrogen) atoms. The Morgan fingerprint density at radius 3 is 2.73 bits per heavy atom. The topological polar surface area (TPSA) is 162 Å². The van der Waals surface area contributed by atoms with Crippen LogP contribution in [0.2, 0.25) is 0 Å². The van der Waals surface area contributed by atoms with E-state index in [0.717, 1.165) is 15.9 Å². The molecule has 0 aromatic carbocycles. The summed E-state index contributed by atoms with van der Waals surface area (Å²) in [6.07, 6.45) is 12.9. The first-order valence-electron chi connectivity index (χ1n) is 13.0. The molecule has 1 aliphatic rings. The quantitative estimate of drug-likeness (QED) is 0.0971. The molecule has 0 spiro atoms. The summed E-state index contributed by atoms with van der Waals surface area (Å²) < 4.78 is 0. The molecule has 5 amide bonds. The molecule has 1 fully saturated rings. The van der Waals surface area contributed by atoms with Crippen LogP contribution in [-0.2, 0) is 14.4 Å². The largest absolute Gasteiger partial charge is 0.345 e. The minimum Gasteiger partial charge on any atom is -0.306 e. The van der Waals surface area contributed by atoms with Gasteiger partial charge in [0.05, 0.1) is 18.1 Å². The molecule has 1 aromatic rings. The monoisotopic (exact) mass is 550 g/mol. The van der Waals surface area contributed by atoms with Crippen molar-refractivity contribution in [3.8, 4) is 0 Å². The van der Waals surface area contributed by atoms with E-state index in [0.29, 0.717) is 18.5 Å². The Balaban J connectivity index is 2.28. The molecule has 1 aromatic heterocycles. The van der Waals surface area contributed by atoms with Crippen molar-refractivity contribution in [2.75, 3.05) is 12.0 Å². The number of urea groups is 1. The lowest BCUT2D eigenvalue weighted by Crippen LogP contribution is -2.58. The zero-order chi connectivity index (χ0) is 29.9. The number of carbonyl (C=O) groups excluding carboxylic acids is 4. The number of aromatic nitrogens is 2. The fourth-order valence-electron chi connectivity index (χ4n) is 3.67. The Hall–Kier alpha value is -4.45. The summed E-state index contributed by atoms with van der Waals surface area (Å²) in [6.45, 7) is 16.1. The maximum atomic E-state index is 13.2. The van der Waals surface area contributed by atoms with Gasteiger partial charge in [0.25, 0.3) is 5.91 Å². The third-order valence-corrected chi connectivity index (χ3v) is 6.48. The number of allylic oxidation sites excluding steroid dienone is 1. The zero-order valence-corrected chi connectivity index (χ0v) is 23.4. The summed E-state index contributed by atoms with van der Waals surface area (Å²) in [5, 5.41) is 17.4. The SMILES string of the molecule is C=CCNC(C)(/C=C/N=C(\C=N)c1cnn(NC(=O)N(C(=O)C(=C)/C=C\CC)C2CCC(=O)NC2=O)c1)C(C)C. The van der Waals surface area contributed by atoms with E-state index in [1.165, 1.54) is 18.5 Å². The molecule has 4 N–H and O–H groups in total. The highest BCUT2D eigenvalue weighted by atomic mass is 16.2. The molecule has 2 unspecified atom stereocenters. The molecule has 0 bridgehead atoms. The molecule has 12 nitrogen and oxygen atoms in total. The number of imide groups is 2. The predicted octanol–water partition coefficient (Wildman–Crippen LogP) is 2.85. The first kappa shape index (κ1) is 31.8. The van der Waals surface area contributed by atoms with Crippen LogP contribution in [0.25, 0.3) is 0 Å². The Morgan fingerprint density at radius 1 is 1.40 bits per heavy atom. The van der Waals surface area contributed by atoms with Crippen LogP contribution >= 0.6 is 0 Å². The van der Waals surface area contributed by atoms with Crippen LogP contribution < -0.4 is 16.1 Å². The lowest BCUT2D eigenvalue weighted by molar-refractivity contribution is -0.141. The van der Waals surface area contributed by atoms with Crippen LogP contribution in [-0.4, -0.2) is 68.6 Å². The van der Waals surface area contributed by atoms with Crippen molar-refractivity contribution in [3.63, 3.8) is 0 Å². The van der Waals surface area contributed by atoms with E-state index in [4.69, 9.17) is 5.41 Å². The second-order valence-electron chi connectivity index (χ2n) is 9.65. The predicted molar refractivity (Wildman–Crippen MR) is 154 cm³/mol. The smallest absolute Gasteiger partial charge is 0.306 e. The highest BCUT2D eigenvalue weighted by Gasteiger charge is 2.39. The molecule has 0 aliphatic carbocycles. The molecule has 0 saturated carbocycles. The normalized spacial score (nSPS) is 17.5. The molecule has 1 saturated heterocycles. The van der Waals surface area contributed by atoms with Gasteiger partial charge in [0, 0.05) is 42.1 Å². The summed E-state index contributed by atoms with van der Waals surface area (Å²) in [6, 6.07) is -2.14. The van der Waals surface area contributed by atoms with Crippen molar-refractivity contribution >= 4 is 35.7 Å². The third-order valence-electron chi connectivity index (χ3n) is 6.48. The molecular formula is C28H38N8O4. The number of carbonyl (C=O) groups is 4. The van der Waals surface area contributed by atoms with Gasteiger partial charge in [-0.05, 0) is 31.8 Å². The lowest BCUT2D eigenvalue weighted by Gasteiger charge is -2.31. The second kappa shape index (κ2) is 14.6. The van der Waals surface area contributed by atoms with Gasteiger partial charge in [-0.1, -0.05) is 45.6 Å². The highest BCUT2D eigenvalue weighted by molar-refractivity contribution is 6.37. The van der Waals surface area contributed by atoms with Crippen molar-refractivity contribution in [3.05, 3.63) is 67.2 Å². The zero-order valence-electron chi connectivity index (χ0n) is 23.4. The van der Waals surface area contributed by atoms with Crippen LogP contribution in [0.5, 0.6) is 0 Å². The number of nitrogens with zero attached hydrogens (tertiary/aromatic N) is 4. The molecule has 0 radical (unpaired) electrons. The Bertz CT molecular complexity index is 1240. The first-order chi connectivity index (χ1) is 19.0. The maximum absolute atomic E-state index is 13.2. The van der Waals surface area contributed by atoms with Gasteiger partial charge in [-0.3, -0.25) is 24.7 Å². The van der Waals surface area contributed by atoms with Crippen LogP contribution in [0.15, 0.2) is 66.6 Å². The van der Waals surface area contributed by atoms with E-state index in [2.05, 4.69) is 53.2 Å². The van der Waals surface area contributed by atoms with Crippen molar-refractivity contribution in [2.24, 2.45) is 10.9 Å². The Morgan fingerprint density at radius 2 is 2.12 bits per heavy atom. The van der Waals surface area contributed by atoms with E-state index >= 15 is 0 Å². The van der Waals surface area contributed by atoms with Crippen LogP contribution in [0.1, 0.15) is 52.5 Å². The molecule has 12 heteroatoms. The van der Waals surface area contributed by atoms with E-state index in [1.54, 1.807) is 18.4 Å². The van der Waals surface area contributed by atoms with Gasteiger partial charge < -0.3 is 10.7 Å². The van der Waals surface area contributed by atoms with Crippen LogP contribution in [0.3, 0.4) is 0 Å². The highest BCUT2D eigenvalue weighted by Crippen LogP contribution is 2.19. The van der Waals surface area contributed by atoms with Gasteiger partial charge in [-0.15, -0.1) is 6.58 Å². The number of amides is 5. The molecule has 2 heterocycles. The summed E-state index contributed by atoms with van der Waals surface area (Å²) in [4.78, 5) is 56.7. The number of piperidine rings is 1. The number of hydrogen-bond donors (Lipinski definition) is 4. The fraction of sp³-hybridized carbons (Fsp3) is 0.393. The van der Waals surface area contributed by atoms with Crippen LogP contribution in [0.4, 0.5) is 4.79 Å². The minimum atomic E-state index is -1.21. The molecule has 2 rings (SSSR count). The van der Waals surface area contributed by atoms with Gasteiger partial charge >= 0.3 is 6.03 Å². The first-order valence-corrected chi connectivity index (χ1v) is 13.0. The summed E-state index contributed by atoms with van der Waals surface area (Å²) in [7, 11) is 0. The number of aliphatic imine (C=N–C) groups is 1. The third kappa shape index (κ3) is 8.27. The Kier molecular flexibility index (Phi) is 11.6. The average molecular weight is 551 g/mol. The van der Waals surface area contributed by atoms with E-state index < -0.39 is 29.8 Å². The van der Waals surface area contributed by atoms with Gasteiger partial charge in [0.2, 0.25) is 11.8 Å². The summed E-state index contributed by atoms with van der Waals surface area (Å²) in [5.41, 5.74) is 2.81. The Labute approximate surface area is 234 Å². The summed E-state index contributed by atoms with van der Waals surface area (Å²) >= 11 is 0. The van der Waals surface area contributed by atoms with Gasteiger partial charge in [-0.2, -0.15) is 9.89 Å².